The van der Waals surface area contributed by atoms with Crippen LogP contribution in [0, 0.1) is 0 Å². The zero-order valence-electron chi connectivity index (χ0n) is 85.0. The molecule has 692 valence electrons. The molecule has 0 unspecified atom stereocenters. The van der Waals surface area contributed by atoms with Gasteiger partial charge in [0.1, 0.15) is 11.6 Å². The van der Waals surface area contributed by atoms with E-state index in [0.717, 1.165) is 179 Å². The number of nitrogens with zero attached hydrogens (tertiary/aromatic N) is 7. The number of hydrogen-bond donors (Lipinski definition) is 0. The lowest BCUT2D eigenvalue weighted by molar-refractivity contribution is 0.590. The van der Waals surface area contributed by atoms with Crippen LogP contribution >= 0.6 is 0 Å². The summed E-state index contributed by atoms with van der Waals surface area (Å²) in [6.07, 6.45) is 0. The van der Waals surface area contributed by atoms with Crippen molar-refractivity contribution in [2.75, 3.05) is 9.80 Å². The highest BCUT2D eigenvalue weighted by Crippen LogP contribution is 2.53. The Balaban J connectivity index is 0.868. The lowest BCUT2D eigenvalue weighted by Crippen LogP contribution is -2.61. The first-order chi connectivity index (χ1) is 67.5. The van der Waals surface area contributed by atoms with E-state index in [0.29, 0.717) is 5.92 Å². The summed E-state index contributed by atoms with van der Waals surface area (Å²) in [6.45, 7) is 46.1. The van der Waals surface area contributed by atoms with Crippen LogP contribution in [0.15, 0.2) is 370 Å². The van der Waals surface area contributed by atoms with Crippen LogP contribution in [0.1, 0.15) is 183 Å². The minimum atomic E-state index is -0.445. The van der Waals surface area contributed by atoms with Gasteiger partial charge in [-0.3, -0.25) is 9.13 Å². The predicted octanol–water partition coefficient (Wildman–Crippen LogP) is 34.4. The van der Waals surface area contributed by atoms with E-state index in [2.05, 4.69) is 532 Å². The Labute approximate surface area is 831 Å². The molecule has 5 aromatic heterocycles. The molecule has 0 amide bonds. The predicted molar refractivity (Wildman–Crippen MR) is 603 cm³/mol. The van der Waals surface area contributed by atoms with Crippen molar-refractivity contribution in [3.63, 3.8) is 0 Å². The topological polar surface area (TPSA) is 47.1 Å². The lowest BCUT2D eigenvalue weighted by atomic mass is 9.33. The minimum absolute atomic E-state index is 0.112. The number of fused-ring (bicyclic) bond motifs is 13. The van der Waals surface area contributed by atoms with Gasteiger partial charge >= 0.3 is 0 Å². The van der Waals surface area contributed by atoms with Gasteiger partial charge in [-0.2, -0.15) is 0 Å². The number of rotatable bonds is 13. The van der Waals surface area contributed by atoms with Gasteiger partial charge in [0.05, 0.1) is 55.9 Å². The third-order valence-corrected chi connectivity index (χ3v) is 30.1. The van der Waals surface area contributed by atoms with Crippen LogP contribution < -0.4 is 26.2 Å². The molecule has 0 bridgehead atoms. The van der Waals surface area contributed by atoms with Crippen molar-refractivity contribution in [2.45, 2.75) is 177 Å². The third kappa shape index (κ3) is 15.8. The van der Waals surface area contributed by atoms with Crippen molar-refractivity contribution < 1.29 is 0 Å². The second-order valence-electron chi connectivity index (χ2n) is 46.2. The number of benzene rings is 16. The van der Waals surface area contributed by atoms with E-state index in [1.54, 1.807) is 0 Å². The Kier molecular flexibility index (Phi) is 21.2. The highest BCUT2D eigenvalue weighted by molar-refractivity contribution is 7.00. The van der Waals surface area contributed by atoms with E-state index in [4.69, 9.17) is 9.97 Å². The highest BCUT2D eigenvalue weighted by Gasteiger charge is 2.46. The molecule has 21 aromatic rings. The Morgan fingerprint density at radius 3 is 1.06 bits per heavy atom. The first kappa shape index (κ1) is 89.8. The average Bonchev–Trinajstić information content (AvgIpc) is 0.964. The fraction of sp³-hybridized carbons (Fsp3) is 0.203. The van der Waals surface area contributed by atoms with E-state index in [1.165, 1.54) is 71.3 Å². The monoisotopic (exact) mass is 1830 g/mol. The molecule has 141 heavy (non-hydrogen) atoms. The van der Waals surface area contributed by atoms with Crippen molar-refractivity contribution in [1.82, 2.24) is 23.7 Å². The highest BCUT2D eigenvalue weighted by atomic mass is 15.2. The molecule has 2 aliphatic rings. The van der Waals surface area contributed by atoms with Crippen LogP contribution in [0.3, 0.4) is 0 Å². The summed E-state index contributed by atoms with van der Waals surface area (Å²) in [5.41, 5.74) is 40.6. The molecule has 0 N–H and O–H groups in total. The smallest absolute Gasteiger partial charge is 0.252 e. The van der Waals surface area contributed by atoms with Crippen molar-refractivity contribution in [3.8, 4) is 95.5 Å². The van der Waals surface area contributed by atoms with Gasteiger partial charge in [-0.05, 0) is 282 Å². The fourth-order valence-corrected chi connectivity index (χ4v) is 22.1. The summed E-state index contributed by atoms with van der Waals surface area (Å²) < 4.78 is 7.53. The van der Waals surface area contributed by atoms with Crippen molar-refractivity contribution >= 4 is 123 Å². The molecule has 8 heteroatoms. The zero-order chi connectivity index (χ0) is 97.6. The molecular formula is C133H122BN7. The van der Waals surface area contributed by atoms with Gasteiger partial charge in [-0.1, -0.05) is 381 Å². The van der Waals surface area contributed by atoms with E-state index < -0.39 is 6.71 Å². The SMILES string of the molecule is CC(C)c1cccc(-c2cc(-c3ccc4c(c3)B3c5cc(-c6cccc(-n7c8cc(C(C)(C)C)ccc8c8ccc(C(C)(C)C)cc87)n6)ccc5N(c5cc(-c6ccccc6)cc(-c6ccccc6)c5)c5cc(-n6c7ccc(C(C)(C)C)cc7c7cc(C(C)(C)C)ccc76)cc(c53)N4c3ccc(-c4ccccc4)cc3-c3ccccc3)nc(-n3c4cc(C(C)(C)C)ccc4c4ccc(C(C)(C)C)cc43)c2)c1. The molecule has 0 atom stereocenters. The first-order valence-electron chi connectivity index (χ1n) is 50.4. The Morgan fingerprint density at radius 1 is 0.220 bits per heavy atom. The summed E-state index contributed by atoms with van der Waals surface area (Å²) in [6, 6.07) is 142. The molecule has 0 spiro atoms. The van der Waals surface area contributed by atoms with E-state index in [9.17, 15) is 0 Å². The molecule has 7 nitrogen and oxygen atoms in total. The maximum absolute atomic E-state index is 6.23. The fourth-order valence-electron chi connectivity index (χ4n) is 22.1. The number of anilines is 6. The molecule has 7 heterocycles. The molecule has 0 radical (unpaired) electrons. The maximum atomic E-state index is 6.23. The Hall–Kier alpha value is -15.1. The van der Waals surface area contributed by atoms with Crippen LogP contribution in [0.25, 0.3) is 161 Å². The molecule has 2 aliphatic heterocycles. The van der Waals surface area contributed by atoms with Crippen LogP contribution in [-0.2, 0) is 32.5 Å². The van der Waals surface area contributed by atoms with Crippen LogP contribution in [0.5, 0.6) is 0 Å². The van der Waals surface area contributed by atoms with E-state index in [-0.39, 0.29) is 32.5 Å². The van der Waals surface area contributed by atoms with E-state index in [1.807, 2.05) is 0 Å². The number of aromatic nitrogens is 5. The van der Waals surface area contributed by atoms with Gasteiger partial charge in [0.25, 0.3) is 6.71 Å². The number of hydrogen-bond acceptors (Lipinski definition) is 4. The third-order valence-electron chi connectivity index (χ3n) is 30.1. The summed E-state index contributed by atoms with van der Waals surface area (Å²) in [4.78, 5) is 17.6. The molecule has 0 saturated carbocycles. The second-order valence-corrected chi connectivity index (χ2v) is 46.2. The molecule has 0 aliphatic carbocycles. The van der Waals surface area contributed by atoms with Crippen molar-refractivity contribution in [2.24, 2.45) is 0 Å². The van der Waals surface area contributed by atoms with Crippen LogP contribution in [-0.4, -0.2) is 30.4 Å². The first-order valence-corrected chi connectivity index (χ1v) is 50.4. The molecule has 16 aromatic carbocycles. The van der Waals surface area contributed by atoms with Gasteiger partial charge in [-0.25, -0.2) is 9.97 Å². The second kappa shape index (κ2) is 33.3. The largest absolute Gasteiger partial charge is 0.311 e. The van der Waals surface area contributed by atoms with Gasteiger partial charge in [0.2, 0.25) is 0 Å². The maximum Gasteiger partial charge on any atom is 0.252 e. The quantitative estimate of drug-likeness (QED) is 0.108. The van der Waals surface area contributed by atoms with Crippen LogP contribution in [0.4, 0.5) is 34.1 Å². The summed E-state index contributed by atoms with van der Waals surface area (Å²) in [5.74, 6) is 2.00. The number of pyridine rings is 2. The molecular weight excluding hydrogens is 1710 g/mol. The summed E-state index contributed by atoms with van der Waals surface area (Å²) in [7, 11) is 0. The molecule has 0 fully saturated rings. The lowest BCUT2D eigenvalue weighted by Gasteiger charge is -2.45. The standard InChI is InChI=1S/C133H122BN7/c1-82(2)87-43-33-44-88(65-87)94-72-113(136-126(73-94)141-121-78-99(132(15,16)17)52-58-105(121)106-59-53-100(79-122(106)141)133(18,19)20)91-49-62-118-111(71-91)134-110-70-90(112-45-34-46-125(135-112)140-119-76-97(130(9,10)11)50-56-103(119)104-57-51-98(77-120(104)140)131(12,13)14)48-61-117(110)138(101-67-92(84-37-27-22-28-38-84)66-93(68-101)85-39-29-23-30-40-85)123-80-102(137-115-63-54-95(128(3,4)5)74-108(115)109-75-96(129(6,7)8)55-64-116(109)137)81-124(127(123)134)139(118)114-60-47-89(83-35-25-21-26-36-83)69-107(114)86-41-31-24-32-42-86/h21-82H,1-20H3. The Morgan fingerprint density at radius 2 is 0.596 bits per heavy atom. The Bertz CT molecular complexity index is 8350. The van der Waals surface area contributed by atoms with Crippen molar-refractivity contribution in [3.05, 3.63) is 409 Å². The summed E-state index contributed by atoms with van der Waals surface area (Å²) >= 11 is 0. The summed E-state index contributed by atoms with van der Waals surface area (Å²) in [5, 5.41) is 7.24. The molecule has 23 rings (SSSR count). The molecule has 0 saturated heterocycles. The van der Waals surface area contributed by atoms with Crippen molar-refractivity contribution in [1.29, 1.82) is 0 Å². The van der Waals surface area contributed by atoms with Gasteiger partial charge in [0, 0.05) is 66.3 Å². The zero-order valence-corrected chi connectivity index (χ0v) is 85.0. The normalized spacial score (nSPS) is 13.1. The van der Waals surface area contributed by atoms with Gasteiger partial charge < -0.3 is 14.4 Å². The van der Waals surface area contributed by atoms with Gasteiger partial charge in [-0.15, -0.1) is 0 Å². The minimum Gasteiger partial charge on any atom is -0.311 e. The van der Waals surface area contributed by atoms with Crippen LogP contribution in [0.2, 0.25) is 0 Å². The average molecular weight is 1830 g/mol. The van der Waals surface area contributed by atoms with Gasteiger partial charge in [0.15, 0.2) is 0 Å². The van der Waals surface area contributed by atoms with E-state index >= 15 is 0 Å².